The molecule has 2 saturated carbocycles. The lowest BCUT2D eigenvalue weighted by Gasteiger charge is -2.27. The molecule has 10 heteroatoms. The molecule has 1 saturated heterocycles. The summed E-state index contributed by atoms with van der Waals surface area (Å²) in [6.07, 6.45) is 6.04. The van der Waals surface area contributed by atoms with Crippen molar-refractivity contribution in [3.05, 3.63) is 29.8 Å². The Morgan fingerprint density at radius 3 is 2.23 bits per heavy atom. The Morgan fingerprint density at radius 1 is 1.00 bits per heavy atom. The lowest BCUT2D eigenvalue weighted by Crippen LogP contribution is -2.57. The van der Waals surface area contributed by atoms with Crippen molar-refractivity contribution in [3.63, 3.8) is 0 Å². The van der Waals surface area contributed by atoms with Crippen molar-refractivity contribution in [3.8, 4) is 5.75 Å². The van der Waals surface area contributed by atoms with E-state index < -0.39 is 41.6 Å². The molecule has 1 aliphatic heterocycles. The molecule has 40 heavy (non-hydrogen) atoms. The van der Waals surface area contributed by atoms with E-state index in [9.17, 15) is 24.3 Å². The third kappa shape index (κ3) is 7.81. The number of ether oxygens (including phenoxy) is 2. The number of Topliss-reactive ketones (excluding diaryl/α,β-unsaturated/α-hetero) is 1. The van der Waals surface area contributed by atoms with Crippen molar-refractivity contribution in [1.29, 1.82) is 0 Å². The van der Waals surface area contributed by atoms with Crippen molar-refractivity contribution in [2.45, 2.75) is 101 Å². The number of epoxide rings is 1. The Hall–Kier alpha value is -2.98. The van der Waals surface area contributed by atoms with Crippen LogP contribution in [0.5, 0.6) is 5.75 Å². The van der Waals surface area contributed by atoms with Gasteiger partial charge in [-0.25, -0.2) is 0 Å². The molecule has 0 spiro atoms. The number of carbonyl (C=O) groups is 4. The quantitative estimate of drug-likeness (QED) is 0.271. The lowest BCUT2D eigenvalue weighted by molar-refractivity contribution is -0.134. The van der Waals surface area contributed by atoms with E-state index in [1.54, 1.807) is 33.1 Å². The summed E-state index contributed by atoms with van der Waals surface area (Å²) in [5.74, 6) is -0.689. The molecule has 1 heterocycles. The van der Waals surface area contributed by atoms with Crippen LogP contribution in [-0.2, 0) is 30.3 Å². The molecule has 0 bridgehead atoms. The van der Waals surface area contributed by atoms with Crippen molar-refractivity contribution in [2.75, 3.05) is 13.7 Å². The van der Waals surface area contributed by atoms with E-state index in [0.29, 0.717) is 44.0 Å². The molecule has 3 amide bonds. The van der Waals surface area contributed by atoms with Gasteiger partial charge in [0.05, 0.1) is 25.9 Å². The van der Waals surface area contributed by atoms with Crippen LogP contribution >= 0.6 is 0 Å². The van der Waals surface area contributed by atoms with E-state index in [0.717, 1.165) is 31.2 Å². The summed E-state index contributed by atoms with van der Waals surface area (Å²) in [4.78, 5) is 52.8. The summed E-state index contributed by atoms with van der Waals surface area (Å²) in [7, 11) is 1.57. The first-order valence-corrected chi connectivity index (χ1v) is 14.5. The zero-order valence-electron chi connectivity index (χ0n) is 23.7. The van der Waals surface area contributed by atoms with E-state index in [-0.39, 0.29) is 24.0 Å². The monoisotopic (exact) mass is 557 g/mol. The zero-order chi connectivity index (χ0) is 28.9. The fraction of sp³-hybridized carbons (Fsp3) is 0.667. The maximum Gasteiger partial charge on any atom is 0.243 e. The van der Waals surface area contributed by atoms with Gasteiger partial charge in [-0.3, -0.25) is 19.2 Å². The molecule has 1 aromatic rings. The summed E-state index contributed by atoms with van der Waals surface area (Å²) in [6, 6.07) is 4.64. The van der Waals surface area contributed by atoms with E-state index in [1.807, 2.05) is 12.1 Å². The van der Waals surface area contributed by atoms with Gasteiger partial charge in [0, 0.05) is 12.3 Å². The number of benzene rings is 1. The maximum absolute atomic E-state index is 13.7. The van der Waals surface area contributed by atoms with Crippen LogP contribution in [0, 0.1) is 11.8 Å². The number of hydrogen-bond donors (Lipinski definition) is 4. The summed E-state index contributed by atoms with van der Waals surface area (Å²) in [5.41, 5.74) is -0.0771. The zero-order valence-corrected chi connectivity index (χ0v) is 23.7. The SMILES string of the molecule is COc1ccc(C[C@H](NC(=O)[C@@H](C)NC(=O)[C@@H]2CC[C@H](O)C2)C(=O)N[C@@H](CC2CCCC2)C(=O)[C@]2(C)CO2)cc1. The molecular weight excluding hydrogens is 514 g/mol. The number of rotatable bonds is 13. The largest absolute Gasteiger partial charge is 0.497 e. The number of aliphatic hydroxyl groups excluding tert-OH is 1. The van der Waals surface area contributed by atoms with Gasteiger partial charge >= 0.3 is 0 Å². The van der Waals surface area contributed by atoms with Crippen LogP contribution in [0.15, 0.2) is 24.3 Å². The van der Waals surface area contributed by atoms with Crippen LogP contribution in [-0.4, -0.2) is 72.2 Å². The highest BCUT2D eigenvalue weighted by molar-refractivity contribution is 5.98. The van der Waals surface area contributed by atoms with Crippen molar-refractivity contribution < 1.29 is 33.8 Å². The van der Waals surface area contributed by atoms with Crippen LogP contribution in [0.1, 0.15) is 70.8 Å². The second-order valence-electron chi connectivity index (χ2n) is 11.8. The first-order valence-electron chi connectivity index (χ1n) is 14.5. The normalized spacial score (nSPS) is 26.4. The fourth-order valence-electron chi connectivity index (χ4n) is 5.80. The maximum atomic E-state index is 13.7. The third-order valence-electron chi connectivity index (χ3n) is 8.53. The molecule has 4 N–H and O–H groups in total. The number of ketones is 1. The van der Waals surface area contributed by atoms with Crippen molar-refractivity contribution in [1.82, 2.24) is 16.0 Å². The Labute approximate surface area is 235 Å². The second kappa shape index (κ2) is 13.1. The Morgan fingerprint density at radius 2 is 1.65 bits per heavy atom. The molecule has 0 radical (unpaired) electrons. The van der Waals surface area contributed by atoms with Crippen LogP contribution in [0.3, 0.4) is 0 Å². The van der Waals surface area contributed by atoms with Gasteiger partial charge in [-0.15, -0.1) is 0 Å². The molecule has 4 rings (SSSR count). The highest BCUT2D eigenvalue weighted by atomic mass is 16.6. The molecule has 0 unspecified atom stereocenters. The van der Waals surface area contributed by atoms with E-state index in [1.165, 1.54) is 0 Å². The lowest BCUT2D eigenvalue weighted by atomic mass is 9.90. The van der Waals surface area contributed by atoms with Gasteiger partial charge in [-0.1, -0.05) is 37.8 Å². The van der Waals surface area contributed by atoms with Gasteiger partial charge in [-0.2, -0.15) is 0 Å². The van der Waals surface area contributed by atoms with E-state index >= 15 is 0 Å². The van der Waals surface area contributed by atoms with Gasteiger partial charge in [0.2, 0.25) is 17.7 Å². The van der Waals surface area contributed by atoms with E-state index in [4.69, 9.17) is 9.47 Å². The van der Waals surface area contributed by atoms with Gasteiger partial charge in [0.1, 0.15) is 23.4 Å². The van der Waals surface area contributed by atoms with Gasteiger partial charge in [0.15, 0.2) is 5.78 Å². The van der Waals surface area contributed by atoms with Crippen LogP contribution in [0.25, 0.3) is 0 Å². The smallest absolute Gasteiger partial charge is 0.243 e. The molecule has 3 aliphatic rings. The van der Waals surface area contributed by atoms with Crippen molar-refractivity contribution in [2.24, 2.45) is 11.8 Å². The summed E-state index contributed by atoms with van der Waals surface area (Å²) < 4.78 is 10.6. The van der Waals surface area contributed by atoms with Crippen molar-refractivity contribution >= 4 is 23.5 Å². The molecule has 220 valence electrons. The average Bonchev–Trinajstić information content (AvgIpc) is 3.28. The fourth-order valence-corrected chi connectivity index (χ4v) is 5.80. The molecule has 0 aromatic heterocycles. The number of carbonyl (C=O) groups excluding carboxylic acids is 4. The highest BCUT2D eigenvalue weighted by Gasteiger charge is 2.50. The summed E-state index contributed by atoms with van der Waals surface area (Å²) in [5, 5.41) is 18.2. The van der Waals surface area contributed by atoms with Gasteiger partial charge in [0.25, 0.3) is 0 Å². The number of methoxy groups -OCH3 is 1. The molecule has 6 atom stereocenters. The first-order chi connectivity index (χ1) is 19.1. The predicted octanol–water partition coefficient (Wildman–Crippen LogP) is 1.81. The first kappa shape index (κ1) is 30.0. The van der Waals surface area contributed by atoms with Gasteiger partial charge in [-0.05, 0) is 63.1 Å². The second-order valence-corrected chi connectivity index (χ2v) is 11.8. The number of amides is 3. The minimum atomic E-state index is -0.972. The standard InChI is InChI=1S/C30H43N3O7/c1-18(31-28(37)21-10-11-22(34)16-21)27(36)33-25(15-20-8-12-23(39-3)13-9-20)29(38)32-24(14-19-6-4-5-7-19)26(35)30(2)17-40-30/h8-9,12-13,18-19,21-22,24-25,34H,4-7,10-11,14-17H2,1-3H3,(H,31,37)(H,32,38)(H,33,36)/t18-,21-,22+,24+,25+,30+/m1/s1. The number of aliphatic hydroxyl groups is 1. The number of nitrogens with one attached hydrogen (secondary N) is 3. The molecule has 1 aromatic carbocycles. The molecule has 10 nitrogen and oxygen atoms in total. The molecule has 3 fully saturated rings. The minimum Gasteiger partial charge on any atom is -0.497 e. The van der Waals surface area contributed by atoms with E-state index in [2.05, 4.69) is 16.0 Å². The molecular formula is C30H43N3O7. The Balaban J connectivity index is 1.46. The van der Waals surface area contributed by atoms with Gasteiger partial charge < -0.3 is 30.5 Å². The predicted molar refractivity (Wildman–Crippen MR) is 147 cm³/mol. The Bertz CT molecular complexity index is 1070. The summed E-state index contributed by atoms with van der Waals surface area (Å²) >= 11 is 0. The molecule has 2 aliphatic carbocycles. The Kier molecular flexibility index (Phi) is 9.84. The third-order valence-corrected chi connectivity index (χ3v) is 8.53. The van der Waals surface area contributed by atoms with Crippen LogP contribution in [0.4, 0.5) is 0 Å². The minimum absolute atomic E-state index is 0.137. The summed E-state index contributed by atoms with van der Waals surface area (Å²) in [6.45, 7) is 3.65. The highest BCUT2D eigenvalue weighted by Crippen LogP contribution is 2.33. The topological polar surface area (TPSA) is 146 Å². The van der Waals surface area contributed by atoms with Crippen LogP contribution in [0.2, 0.25) is 0 Å². The number of hydrogen-bond acceptors (Lipinski definition) is 7. The van der Waals surface area contributed by atoms with Crippen LogP contribution < -0.4 is 20.7 Å². The average molecular weight is 558 g/mol.